The Morgan fingerprint density at radius 3 is 2.66 bits per heavy atom. The van der Waals surface area contributed by atoms with Crippen LogP contribution in [0.2, 0.25) is 0 Å². The molecule has 0 saturated heterocycles. The van der Waals surface area contributed by atoms with Gasteiger partial charge in [-0.3, -0.25) is 4.79 Å². The number of nitrogens with two attached hydrogens (primary N) is 1. The number of amides is 1. The van der Waals surface area contributed by atoms with Crippen molar-refractivity contribution in [1.82, 2.24) is 4.98 Å². The summed E-state index contributed by atoms with van der Waals surface area (Å²) in [6, 6.07) is 8.08. The Hall–Kier alpha value is -2.82. The lowest BCUT2D eigenvalue weighted by molar-refractivity contribution is -0.528. The number of hydrogen-bond donors (Lipinski definition) is 2. The molecule has 1 aliphatic carbocycles. The first kappa shape index (κ1) is 32.6. The minimum atomic E-state index is -0.813. The fourth-order valence-corrected chi connectivity index (χ4v) is 9.79. The Morgan fingerprint density at radius 1 is 1.20 bits per heavy atom. The Kier molecular flexibility index (Phi) is 10.1. The van der Waals surface area contributed by atoms with E-state index in [1.807, 2.05) is 7.11 Å². The summed E-state index contributed by atoms with van der Waals surface area (Å²) in [6.07, 6.45) is 13.1. The number of carbonyl (C=O) groups is 1. The van der Waals surface area contributed by atoms with E-state index in [0.29, 0.717) is 45.3 Å². The van der Waals surface area contributed by atoms with Gasteiger partial charge in [-0.2, -0.15) is 3.89 Å². The van der Waals surface area contributed by atoms with Crippen molar-refractivity contribution in [2.75, 3.05) is 26.6 Å². The first-order chi connectivity index (χ1) is 21.2. The SMILES string of the molecule is CCCCCC(CCC1S2=C[N+]2(C)C(N)=NC1(CC)c1cc(NC(=O)c2ccc(OC)cn2)ccc1F)CC1CC(OC)C1. The van der Waals surface area contributed by atoms with Gasteiger partial charge in [-0.25, -0.2) is 14.4 Å². The molecule has 1 saturated carbocycles. The molecule has 1 aromatic carbocycles. The average Bonchev–Trinajstić information content (AvgIpc) is 3.71. The second kappa shape index (κ2) is 13.7. The van der Waals surface area contributed by atoms with Crippen LogP contribution in [0.15, 0.2) is 41.5 Å². The molecule has 0 radical (unpaired) electrons. The minimum absolute atomic E-state index is 0.121. The molecule has 2 aromatic rings. The zero-order chi connectivity index (χ0) is 31.5. The summed E-state index contributed by atoms with van der Waals surface area (Å²) >= 11 is 0. The lowest BCUT2D eigenvalue weighted by Gasteiger charge is -2.41. The molecule has 0 spiro atoms. The van der Waals surface area contributed by atoms with Crippen LogP contribution in [0.1, 0.15) is 94.1 Å². The van der Waals surface area contributed by atoms with Gasteiger partial charge in [-0.15, -0.1) is 0 Å². The molecule has 8 nitrogen and oxygen atoms in total. The predicted molar refractivity (Wildman–Crippen MR) is 177 cm³/mol. The normalized spacial score (nSPS) is 29.5. The third-order valence-electron chi connectivity index (χ3n) is 9.97. The van der Waals surface area contributed by atoms with Crippen molar-refractivity contribution < 1.29 is 22.5 Å². The third-order valence-corrected chi connectivity index (χ3v) is 12.8. The van der Waals surface area contributed by atoms with Crippen LogP contribution in [0.25, 0.3) is 0 Å². The fraction of sp³-hybridized carbons (Fsp3) is 0.588. The fourth-order valence-electron chi connectivity index (χ4n) is 7.10. The number of quaternary nitrogens is 1. The molecule has 3 N–H and O–H groups in total. The van der Waals surface area contributed by atoms with Crippen molar-refractivity contribution in [2.24, 2.45) is 22.6 Å². The van der Waals surface area contributed by atoms with E-state index in [1.165, 1.54) is 44.4 Å². The zero-order valence-corrected chi connectivity index (χ0v) is 27.7. The van der Waals surface area contributed by atoms with E-state index in [1.54, 1.807) is 31.4 Å². The molecule has 1 fully saturated rings. The molecular formula is C34H49FN5O3S+. The highest BCUT2D eigenvalue weighted by molar-refractivity contribution is 8.16. The summed E-state index contributed by atoms with van der Waals surface area (Å²) in [7, 11) is 5.32. The van der Waals surface area contributed by atoms with Crippen LogP contribution in [0.5, 0.6) is 5.75 Å². The number of fused-ring (bicyclic) bond motifs is 1. The average molecular weight is 627 g/mol. The van der Waals surface area contributed by atoms with Gasteiger partial charge < -0.3 is 20.5 Å². The Labute approximate surface area is 264 Å². The van der Waals surface area contributed by atoms with Gasteiger partial charge >= 0.3 is 5.96 Å². The summed E-state index contributed by atoms with van der Waals surface area (Å²) in [5.74, 6) is 1.77. The maximum atomic E-state index is 15.9. The van der Waals surface area contributed by atoms with Gasteiger partial charge in [0.2, 0.25) is 0 Å². The maximum absolute atomic E-state index is 15.9. The molecule has 240 valence electrons. The van der Waals surface area contributed by atoms with Crippen molar-refractivity contribution in [2.45, 2.75) is 94.9 Å². The quantitative estimate of drug-likeness (QED) is 0.126. The first-order valence-corrected chi connectivity index (χ1v) is 17.4. The number of aliphatic imine (C=N–C) groups is 1. The van der Waals surface area contributed by atoms with Crippen LogP contribution in [-0.4, -0.2) is 58.9 Å². The van der Waals surface area contributed by atoms with Gasteiger partial charge in [0.25, 0.3) is 5.91 Å². The second-order valence-corrected chi connectivity index (χ2v) is 15.0. The summed E-state index contributed by atoms with van der Waals surface area (Å²) in [6.45, 7) is 4.34. The van der Waals surface area contributed by atoms with Gasteiger partial charge in [0.05, 0.1) is 42.4 Å². The zero-order valence-electron chi connectivity index (χ0n) is 26.9. The van der Waals surface area contributed by atoms with Gasteiger partial charge in [0.15, 0.2) is 5.49 Å². The van der Waals surface area contributed by atoms with E-state index in [4.69, 9.17) is 20.2 Å². The molecule has 5 unspecified atom stereocenters. The number of anilines is 1. The summed E-state index contributed by atoms with van der Waals surface area (Å²) in [5.41, 5.74) is 9.32. The molecule has 44 heavy (non-hydrogen) atoms. The van der Waals surface area contributed by atoms with Crippen molar-refractivity contribution in [3.63, 3.8) is 0 Å². The number of benzene rings is 1. The van der Waals surface area contributed by atoms with E-state index < -0.39 is 5.54 Å². The Balaban J connectivity index is 1.40. The van der Waals surface area contributed by atoms with Crippen LogP contribution in [0.3, 0.4) is 0 Å². The van der Waals surface area contributed by atoms with Crippen LogP contribution in [0.4, 0.5) is 10.1 Å². The van der Waals surface area contributed by atoms with Gasteiger partial charge in [-0.1, -0.05) is 39.5 Å². The number of pyridine rings is 1. The van der Waals surface area contributed by atoms with E-state index in [-0.39, 0.29) is 33.3 Å². The molecule has 3 heterocycles. The van der Waals surface area contributed by atoms with E-state index in [9.17, 15) is 4.79 Å². The first-order valence-electron chi connectivity index (χ1n) is 16.1. The number of unbranched alkanes of at least 4 members (excludes halogenated alkanes) is 2. The Bertz CT molecular complexity index is 1400. The highest BCUT2D eigenvalue weighted by atomic mass is 32.2. The number of methoxy groups -OCH3 is 2. The number of halogens is 1. The number of guanidine groups is 1. The maximum Gasteiger partial charge on any atom is 0.312 e. The molecule has 5 rings (SSSR count). The molecular weight excluding hydrogens is 577 g/mol. The van der Waals surface area contributed by atoms with Crippen molar-refractivity contribution in [3.05, 3.63) is 53.6 Å². The van der Waals surface area contributed by atoms with Crippen LogP contribution >= 0.6 is 10.7 Å². The number of hydrogen-bond acceptors (Lipinski definition) is 6. The summed E-state index contributed by atoms with van der Waals surface area (Å²) in [4.78, 5) is 22.4. The predicted octanol–water partition coefficient (Wildman–Crippen LogP) is 6.98. The molecule has 1 aromatic heterocycles. The molecule has 1 amide bonds. The monoisotopic (exact) mass is 626 g/mol. The number of nitrogens with zero attached hydrogens (tertiary/aromatic N) is 3. The number of nitrogens with one attached hydrogen (secondary N) is 1. The number of carbonyl (C=O) groups excluding carboxylic acids is 1. The smallest absolute Gasteiger partial charge is 0.312 e. The van der Waals surface area contributed by atoms with Gasteiger partial charge in [0.1, 0.15) is 22.8 Å². The number of rotatable bonds is 15. The van der Waals surface area contributed by atoms with Crippen molar-refractivity contribution >= 4 is 33.7 Å². The summed E-state index contributed by atoms with van der Waals surface area (Å²) < 4.78 is 27.2. The lowest BCUT2D eigenvalue weighted by atomic mass is 9.74. The molecule has 0 bridgehead atoms. The lowest BCUT2D eigenvalue weighted by Crippen LogP contribution is -2.50. The Morgan fingerprint density at radius 2 is 2.00 bits per heavy atom. The minimum Gasteiger partial charge on any atom is -0.495 e. The van der Waals surface area contributed by atoms with Gasteiger partial charge in [0, 0.05) is 18.4 Å². The van der Waals surface area contributed by atoms with Crippen molar-refractivity contribution in [3.8, 4) is 5.75 Å². The third kappa shape index (κ3) is 6.58. The van der Waals surface area contributed by atoms with Crippen LogP contribution in [-0.2, 0) is 10.3 Å². The van der Waals surface area contributed by atoms with Crippen LogP contribution in [0, 0.1) is 17.7 Å². The molecule has 2 aliphatic heterocycles. The van der Waals surface area contributed by atoms with E-state index in [2.05, 4.69) is 36.7 Å². The van der Waals surface area contributed by atoms with Crippen LogP contribution < -0.4 is 15.8 Å². The molecule has 3 aliphatic rings. The number of ether oxygens (including phenoxy) is 2. The largest absolute Gasteiger partial charge is 0.495 e. The van der Waals surface area contributed by atoms with Crippen molar-refractivity contribution in [1.29, 1.82) is 0 Å². The topological polar surface area (TPSA) is 98.8 Å². The summed E-state index contributed by atoms with van der Waals surface area (Å²) in [5, 5.41) is 3.03. The van der Waals surface area contributed by atoms with E-state index in [0.717, 1.165) is 31.6 Å². The standard InChI is InChI=1S/C34H48FN5O3S/c1-6-8-9-10-23(17-24-18-27(19-24)43-5)11-16-31-34(7-2,39-33(36)40(3)22-44(31)40)28-20-25(12-14-29(28)35)38-32(41)30-15-13-26(42-4)21-37-30/h12-15,20-24,27,31H,6-11,16-19H2,1-5H3,(H2-,36,38,39,41)/p+1. The second-order valence-electron chi connectivity index (χ2n) is 12.8. The highest BCUT2D eigenvalue weighted by Gasteiger charge is 2.61. The van der Waals surface area contributed by atoms with Gasteiger partial charge in [-0.05, 0) is 80.7 Å². The molecule has 5 atom stereocenters. The highest BCUT2D eigenvalue weighted by Crippen LogP contribution is 2.59. The van der Waals surface area contributed by atoms with E-state index >= 15 is 4.39 Å². The molecule has 10 heteroatoms. The number of aromatic nitrogens is 1.